The molecular formula is C20H30O3. The highest BCUT2D eigenvalue weighted by molar-refractivity contribution is 5.66. The molecule has 2 N–H and O–H groups in total. The molecule has 0 spiro atoms. The number of carboxylic acid groups (broad SMARTS) is 1. The summed E-state index contributed by atoms with van der Waals surface area (Å²) in [5, 5.41) is 17.8. The van der Waals surface area contributed by atoms with E-state index in [4.69, 9.17) is 5.11 Å². The molecule has 0 bridgehead atoms. The van der Waals surface area contributed by atoms with Gasteiger partial charge in [-0.3, -0.25) is 4.79 Å². The number of rotatable bonds is 13. The van der Waals surface area contributed by atoms with Gasteiger partial charge < -0.3 is 10.2 Å². The lowest BCUT2D eigenvalue weighted by Gasteiger charge is -1.95. The topological polar surface area (TPSA) is 57.5 Å². The Balaban J connectivity index is 3.55. The highest BCUT2D eigenvalue weighted by atomic mass is 16.4. The fourth-order valence-corrected chi connectivity index (χ4v) is 1.69. The van der Waals surface area contributed by atoms with E-state index in [1.165, 1.54) is 0 Å². The zero-order valence-electron chi connectivity index (χ0n) is 14.1. The van der Waals surface area contributed by atoms with Gasteiger partial charge in [-0.1, -0.05) is 67.7 Å². The van der Waals surface area contributed by atoms with Crippen LogP contribution in [0.2, 0.25) is 0 Å². The first kappa shape index (κ1) is 21.1. The Hall–Kier alpha value is -1.87. The lowest BCUT2D eigenvalue weighted by molar-refractivity contribution is -0.137. The number of allylic oxidation sites excluding steroid dienone is 9. The fourth-order valence-electron chi connectivity index (χ4n) is 1.69. The van der Waals surface area contributed by atoms with Gasteiger partial charge in [0.2, 0.25) is 0 Å². The van der Waals surface area contributed by atoms with E-state index in [1.807, 2.05) is 25.2 Å². The summed E-state index contributed by atoms with van der Waals surface area (Å²) in [5.41, 5.74) is 0. The van der Waals surface area contributed by atoms with E-state index in [0.29, 0.717) is 6.42 Å². The second-order valence-corrected chi connectivity index (χ2v) is 5.20. The van der Waals surface area contributed by atoms with Crippen molar-refractivity contribution in [2.45, 2.75) is 58.0 Å². The third-order valence-corrected chi connectivity index (χ3v) is 3.08. The van der Waals surface area contributed by atoms with Gasteiger partial charge in [0.1, 0.15) is 0 Å². The van der Waals surface area contributed by atoms with Crippen LogP contribution < -0.4 is 0 Å². The van der Waals surface area contributed by atoms with Crippen molar-refractivity contribution in [2.24, 2.45) is 0 Å². The summed E-state index contributed by atoms with van der Waals surface area (Å²) in [6, 6.07) is 0. The summed E-state index contributed by atoms with van der Waals surface area (Å²) in [5.74, 6) is -0.727. The normalized spacial score (nSPS) is 14.2. The average Bonchev–Trinajstić information content (AvgIpc) is 2.53. The largest absolute Gasteiger partial charge is 0.481 e. The van der Waals surface area contributed by atoms with Gasteiger partial charge in [-0.2, -0.15) is 0 Å². The Labute approximate surface area is 140 Å². The molecular weight excluding hydrogens is 288 g/mol. The molecule has 0 radical (unpaired) electrons. The molecule has 0 aliphatic heterocycles. The van der Waals surface area contributed by atoms with Crippen molar-refractivity contribution in [2.75, 3.05) is 0 Å². The average molecular weight is 318 g/mol. The molecule has 0 aromatic carbocycles. The molecule has 0 aliphatic rings. The van der Waals surface area contributed by atoms with Gasteiger partial charge >= 0.3 is 5.97 Å². The quantitative estimate of drug-likeness (QED) is 0.286. The molecule has 3 nitrogen and oxygen atoms in total. The van der Waals surface area contributed by atoms with Crippen LogP contribution >= 0.6 is 0 Å². The zero-order valence-corrected chi connectivity index (χ0v) is 14.1. The van der Waals surface area contributed by atoms with Crippen molar-refractivity contribution in [1.82, 2.24) is 0 Å². The van der Waals surface area contributed by atoms with Gasteiger partial charge in [-0.05, 0) is 38.5 Å². The predicted molar refractivity (Wildman–Crippen MR) is 97.3 cm³/mol. The molecule has 0 heterocycles. The summed E-state index contributed by atoms with van der Waals surface area (Å²) in [6.45, 7) is 1.95. The molecule has 23 heavy (non-hydrogen) atoms. The molecule has 1 atom stereocenters. The lowest BCUT2D eigenvalue weighted by Crippen LogP contribution is -1.97. The van der Waals surface area contributed by atoms with E-state index in [0.717, 1.165) is 32.1 Å². The molecule has 3 heteroatoms. The lowest BCUT2D eigenvalue weighted by atomic mass is 10.2. The first-order valence-corrected chi connectivity index (χ1v) is 8.35. The highest BCUT2D eigenvalue weighted by Gasteiger charge is 1.92. The standard InChI is InChI=1S/C20H30O3/c1-2-19(21)17-15-13-11-9-7-5-3-4-6-8-10-12-14-16-18-20(22)23/h4-7,10-13,15,17,19,21H,2-3,8-9,14,16,18H2,1H3,(H,22,23)/b6-4-,7-5+,12-10-,13-11-,17-15+/t19-/m0/s1. The first-order chi connectivity index (χ1) is 11.2. The van der Waals surface area contributed by atoms with E-state index in [9.17, 15) is 9.90 Å². The van der Waals surface area contributed by atoms with Crippen LogP contribution in [0.25, 0.3) is 0 Å². The van der Waals surface area contributed by atoms with Gasteiger partial charge in [0.15, 0.2) is 0 Å². The number of hydrogen-bond donors (Lipinski definition) is 2. The Bertz CT molecular complexity index is 428. The number of aliphatic hydroxyl groups is 1. The van der Waals surface area contributed by atoms with Crippen LogP contribution in [-0.2, 0) is 4.79 Å². The molecule has 0 aromatic heterocycles. The van der Waals surface area contributed by atoms with Gasteiger partial charge in [0.05, 0.1) is 6.10 Å². The summed E-state index contributed by atoms with van der Waals surface area (Å²) < 4.78 is 0. The van der Waals surface area contributed by atoms with E-state index in [-0.39, 0.29) is 12.5 Å². The second-order valence-electron chi connectivity index (χ2n) is 5.20. The van der Waals surface area contributed by atoms with Crippen molar-refractivity contribution >= 4 is 5.97 Å². The van der Waals surface area contributed by atoms with Gasteiger partial charge in [0, 0.05) is 6.42 Å². The van der Waals surface area contributed by atoms with Crippen LogP contribution in [0.15, 0.2) is 60.8 Å². The Kier molecular flexibility index (Phi) is 15.2. The minimum absolute atomic E-state index is 0.244. The third kappa shape index (κ3) is 18.1. The second kappa shape index (κ2) is 16.5. The molecule has 0 fully saturated rings. The molecule has 0 saturated carbocycles. The van der Waals surface area contributed by atoms with Gasteiger partial charge in [0.25, 0.3) is 0 Å². The van der Waals surface area contributed by atoms with Crippen LogP contribution in [-0.4, -0.2) is 22.3 Å². The number of aliphatic carboxylic acids is 1. The van der Waals surface area contributed by atoms with Crippen molar-refractivity contribution in [3.63, 3.8) is 0 Å². The number of carbonyl (C=O) groups is 1. The Morgan fingerprint density at radius 2 is 1.48 bits per heavy atom. The summed E-state index contributed by atoms with van der Waals surface area (Å²) >= 11 is 0. The fraction of sp³-hybridized carbons (Fsp3) is 0.450. The summed E-state index contributed by atoms with van der Waals surface area (Å²) in [7, 11) is 0. The smallest absolute Gasteiger partial charge is 0.303 e. The van der Waals surface area contributed by atoms with Crippen LogP contribution in [0, 0.1) is 0 Å². The van der Waals surface area contributed by atoms with Crippen LogP contribution in [0.4, 0.5) is 0 Å². The monoisotopic (exact) mass is 318 g/mol. The molecule has 0 amide bonds. The maximum atomic E-state index is 10.3. The maximum absolute atomic E-state index is 10.3. The van der Waals surface area contributed by atoms with Gasteiger partial charge in [-0.15, -0.1) is 0 Å². The highest BCUT2D eigenvalue weighted by Crippen LogP contribution is 1.99. The van der Waals surface area contributed by atoms with Crippen molar-refractivity contribution < 1.29 is 15.0 Å². The van der Waals surface area contributed by atoms with Crippen LogP contribution in [0.5, 0.6) is 0 Å². The van der Waals surface area contributed by atoms with E-state index < -0.39 is 5.97 Å². The third-order valence-electron chi connectivity index (χ3n) is 3.08. The maximum Gasteiger partial charge on any atom is 0.303 e. The summed E-state index contributed by atoms with van der Waals surface area (Å²) in [4.78, 5) is 10.3. The predicted octanol–water partition coefficient (Wildman–Crippen LogP) is 4.96. The molecule has 0 rings (SSSR count). The van der Waals surface area contributed by atoms with Crippen molar-refractivity contribution in [3.05, 3.63) is 60.8 Å². The van der Waals surface area contributed by atoms with E-state index in [2.05, 4.69) is 36.5 Å². The number of hydrogen-bond acceptors (Lipinski definition) is 2. The molecule has 0 aliphatic carbocycles. The number of aliphatic hydroxyl groups excluding tert-OH is 1. The molecule has 0 unspecified atom stereocenters. The SMILES string of the molecule is CC[C@H](O)/C=C/C=C\C/C=C/C/C=C\C/C=C\CCCC(=O)O. The van der Waals surface area contributed by atoms with Crippen LogP contribution in [0.3, 0.4) is 0 Å². The molecule has 128 valence electrons. The molecule has 0 saturated heterocycles. The van der Waals surface area contributed by atoms with E-state index in [1.54, 1.807) is 6.08 Å². The number of carboxylic acids is 1. The van der Waals surface area contributed by atoms with E-state index >= 15 is 0 Å². The van der Waals surface area contributed by atoms with Crippen molar-refractivity contribution in [1.29, 1.82) is 0 Å². The number of unbranched alkanes of at least 4 members (excludes halogenated alkanes) is 1. The summed E-state index contributed by atoms with van der Waals surface area (Å²) in [6.07, 6.45) is 25.2. The van der Waals surface area contributed by atoms with Gasteiger partial charge in [-0.25, -0.2) is 0 Å². The first-order valence-electron chi connectivity index (χ1n) is 8.35. The van der Waals surface area contributed by atoms with Crippen molar-refractivity contribution in [3.8, 4) is 0 Å². The minimum atomic E-state index is -0.727. The Morgan fingerprint density at radius 1 is 0.913 bits per heavy atom. The molecule has 0 aromatic rings. The Morgan fingerprint density at radius 3 is 2.04 bits per heavy atom. The minimum Gasteiger partial charge on any atom is -0.481 e. The zero-order chi connectivity index (χ0) is 17.2. The van der Waals surface area contributed by atoms with Crippen LogP contribution in [0.1, 0.15) is 51.9 Å².